The number of aryl methyl sites for hydroxylation is 2. The largest absolute Gasteiger partial charge is 0.472 e. The van der Waals surface area contributed by atoms with Gasteiger partial charge in [-0.05, 0) is 76.3 Å². The van der Waals surface area contributed by atoms with Crippen LogP contribution in [0.15, 0.2) is 16.6 Å². The third-order valence-corrected chi connectivity index (χ3v) is 11.9. The molecule has 1 aromatic heterocycles. The van der Waals surface area contributed by atoms with Gasteiger partial charge in [-0.25, -0.2) is 4.57 Å². The first-order valence-electron chi connectivity index (χ1n) is 22.9. The zero-order valence-corrected chi connectivity index (χ0v) is 38.6. The number of ether oxygens (including phenoxy) is 3. The number of phosphoric acid groups is 1. The number of epoxide rings is 1. The third kappa shape index (κ3) is 25.6. The molecule has 4 atom stereocenters. The Kier molecular flexibility index (Phi) is 27.0. The highest BCUT2D eigenvalue weighted by molar-refractivity contribution is 7.47. The van der Waals surface area contributed by atoms with E-state index in [9.17, 15) is 19.0 Å². The second-order valence-electron chi connectivity index (χ2n) is 17.4. The van der Waals surface area contributed by atoms with Gasteiger partial charge in [0.25, 0.3) is 0 Å². The Balaban J connectivity index is 1.65. The van der Waals surface area contributed by atoms with E-state index in [-0.39, 0.29) is 26.1 Å². The van der Waals surface area contributed by atoms with E-state index >= 15 is 0 Å². The van der Waals surface area contributed by atoms with Crippen molar-refractivity contribution in [2.45, 2.75) is 200 Å². The second kappa shape index (κ2) is 30.1. The van der Waals surface area contributed by atoms with Crippen LogP contribution in [0.3, 0.4) is 0 Å². The molecule has 0 bridgehead atoms. The first-order chi connectivity index (χ1) is 27.7. The van der Waals surface area contributed by atoms with Crippen LogP contribution >= 0.6 is 7.82 Å². The van der Waals surface area contributed by atoms with Crippen molar-refractivity contribution < 1.29 is 51.2 Å². The van der Waals surface area contributed by atoms with Crippen molar-refractivity contribution in [1.82, 2.24) is 0 Å². The summed E-state index contributed by atoms with van der Waals surface area (Å²) >= 11 is 0. The molecule has 11 nitrogen and oxygen atoms in total. The van der Waals surface area contributed by atoms with Gasteiger partial charge in [-0.1, -0.05) is 103 Å². The Morgan fingerprint density at radius 1 is 0.724 bits per heavy atom. The molecule has 1 aliphatic heterocycles. The molecule has 336 valence electrons. The van der Waals surface area contributed by atoms with E-state index in [1.165, 1.54) is 49.7 Å². The summed E-state index contributed by atoms with van der Waals surface area (Å²) in [6.07, 6.45) is 28.2. The average molecular weight is 841 g/mol. The minimum Gasteiger partial charge on any atom is -0.466 e. The number of phosphoric ester groups is 1. The van der Waals surface area contributed by atoms with Crippen LogP contribution in [0.25, 0.3) is 0 Å². The number of furan rings is 1. The van der Waals surface area contributed by atoms with Gasteiger partial charge in [0.1, 0.15) is 31.3 Å². The van der Waals surface area contributed by atoms with Gasteiger partial charge in [-0.15, -0.1) is 0 Å². The number of likely N-dealkylation sites (N-methyl/N-ethyl adjacent to an activating group) is 1. The summed E-state index contributed by atoms with van der Waals surface area (Å²) in [5, 5.41) is 0. The van der Waals surface area contributed by atoms with E-state index in [0.717, 1.165) is 101 Å². The number of hydrogen-bond donors (Lipinski definition) is 1. The lowest BCUT2D eigenvalue weighted by atomic mass is 10.0. The van der Waals surface area contributed by atoms with Crippen molar-refractivity contribution in [3.05, 3.63) is 34.8 Å². The molecule has 0 saturated carbocycles. The molecule has 2 heterocycles. The Morgan fingerprint density at radius 3 is 1.93 bits per heavy atom. The first kappa shape index (κ1) is 52.1. The molecule has 0 amide bonds. The average Bonchev–Trinajstić information content (AvgIpc) is 3.87. The van der Waals surface area contributed by atoms with Crippen LogP contribution < -0.4 is 0 Å². The van der Waals surface area contributed by atoms with Crippen LogP contribution in [-0.4, -0.2) is 87.1 Å². The number of quaternary nitrogens is 1. The van der Waals surface area contributed by atoms with Crippen molar-refractivity contribution in [2.75, 3.05) is 47.5 Å². The van der Waals surface area contributed by atoms with Crippen molar-refractivity contribution in [3.8, 4) is 0 Å². The molecule has 1 aliphatic rings. The summed E-state index contributed by atoms with van der Waals surface area (Å²) in [5.74, 6) is 1.42. The van der Waals surface area contributed by atoms with Gasteiger partial charge in [0.15, 0.2) is 6.10 Å². The highest BCUT2D eigenvalue weighted by Crippen LogP contribution is 2.43. The predicted molar refractivity (Wildman–Crippen MR) is 232 cm³/mol. The van der Waals surface area contributed by atoms with Crippen LogP contribution in [0, 0.1) is 13.8 Å². The minimum atomic E-state index is -4.40. The Morgan fingerprint density at radius 2 is 1.29 bits per heavy atom. The number of hydrogen-bond acceptors (Lipinski definition) is 9. The van der Waals surface area contributed by atoms with Crippen LogP contribution in [0.5, 0.6) is 0 Å². The lowest BCUT2D eigenvalue weighted by Crippen LogP contribution is -2.37. The number of allylic oxidation sites excluding steroid dienone is 1. The lowest BCUT2D eigenvalue weighted by Gasteiger charge is -2.24. The molecule has 0 aromatic carbocycles. The summed E-state index contributed by atoms with van der Waals surface area (Å²) in [6.45, 7) is 8.62. The quantitative estimate of drug-likeness (QED) is 0.0172. The van der Waals surface area contributed by atoms with Crippen LogP contribution in [-0.2, 0) is 50.3 Å². The number of carbonyl (C=O) groups is 2. The fourth-order valence-corrected chi connectivity index (χ4v) is 7.65. The van der Waals surface area contributed by atoms with E-state index in [0.29, 0.717) is 36.1 Å². The third-order valence-electron chi connectivity index (χ3n) is 10.9. The van der Waals surface area contributed by atoms with Crippen molar-refractivity contribution in [3.63, 3.8) is 0 Å². The maximum Gasteiger partial charge on any atom is 0.472 e. The smallest absolute Gasteiger partial charge is 0.466 e. The number of unbranched alkanes of at least 4 members (excludes halogenated alkanes) is 14. The molecule has 0 spiro atoms. The Labute approximate surface area is 352 Å². The summed E-state index contributed by atoms with van der Waals surface area (Å²) in [7, 11) is 1.43. The normalized spacial score (nSPS) is 17.1. The van der Waals surface area contributed by atoms with E-state index in [1.54, 1.807) is 0 Å². The second-order valence-corrected chi connectivity index (χ2v) is 18.9. The number of rotatable bonds is 37. The zero-order chi connectivity index (χ0) is 42.7. The van der Waals surface area contributed by atoms with Gasteiger partial charge in [0.05, 0.1) is 40.0 Å². The van der Waals surface area contributed by atoms with E-state index in [4.69, 9.17) is 27.7 Å². The fraction of sp³-hybridized carbons (Fsp3) is 0.826. The van der Waals surface area contributed by atoms with E-state index in [1.807, 2.05) is 21.1 Å². The molecule has 1 N–H and O–H groups in total. The molecule has 0 aliphatic carbocycles. The van der Waals surface area contributed by atoms with Crippen LogP contribution in [0.4, 0.5) is 0 Å². The molecule has 3 unspecified atom stereocenters. The number of nitrogens with zero attached hydrogens (tertiary/aromatic N) is 1. The zero-order valence-electron chi connectivity index (χ0n) is 37.7. The molecule has 12 heteroatoms. The molecule has 2 rings (SSSR count). The standard InChI is InChI=1S/C46H82NO10P/c1-8-10-12-13-17-24-30-43-44(57-43)31-25-19-16-21-26-32-45(48)52-36-40(37-54-58(50,51)53-35-34-47(5,6)7)55-46(49)33-27-20-15-14-18-23-29-42-39(4)38(3)41(56-42)28-22-11-9-2/h17,24,40,43-44H,8-16,18-23,25-37H2,1-7H3/p+1/b24-17-/t40-,43?,44?/m1/s1. The minimum absolute atomic E-state index is 0.0185. The maximum atomic E-state index is 12.8. The number of esters is 2. The molecular formula is C46H83NO10P+. The maximum absolute atomic E-state index is 12.8. The monoisotopic (exact) mass is 841 g/mol. The highest BCUT2D eigenvalue weighted by Gasteiger charge is 2.36. The van der Waals surface area contributed by atoms with E-state index < -0.39 is 32.5 Å². The topological polar surface area (TPSA) is 134 Å². The summed E-state index contributed by atoms with van der Waals surface area (Å²) in [4.78, 5) is 35.6. The predicted octanol–water partition coefficient (Wildman–Crippen LogP) is 11.2. The first-order valence-corrected chi connectivity index (χ1v) is 24.4. The molecular weight excluding hydrogens is 757 g/mol. The van der Waals surface area contributed by atoms with Crippen LogP contribution in [0.2, 0.25) is 0 Å². The van der Waals surface area contributed by atoms with Crippen LogP contribution in [0.1, 0.15) is 178 Å². The van der Waals surface area contributed by atoms with E-state index in [2.05, 4.69) is 39.8 Å². The van der Waals surface area contributed by atoms with Gasteiger partial charge in [0.2, 0.25) is 0 Å². The van der Waals surface area contributed by atoms with Crippen molar-refractivity contribution in [2.24, 2.45) is 0 Å². The summed E-state index contributed by atoms with van der Waals surface area (Å²) in [5.41, 5.74) is 2.60. The van der Waals surface area contributed by atoms with Gasteiger partial charge >= 0.3 is 19.8 Å². The van der Waals surface area contributed by atoms with Gasteiger partial charge in [0, 0.05) is 25.7 Å². The number of carbonyl (C=O) groups excluding carboxylic acids is 2. The van der Waals surface area contributed by atoms with Crippen molar-refractivity contribution >= 4 is 19.8 Å². The lowest BCUT2D eigenvalue weighted by molar-refractivity contribution is -0.870. The molecule has 1 aromatic rings. The summed E-state index contributed by atoms with van der Waals surface area (Å²) < 4.78 is 46.5. The van der Waals surface area contributed by atoms with Gasteiger partial charge in [-0.2, -0.15) is 0 Å². The Hall–Kier alpha value is -2.01. The molecule has 0 radical (unpaired) electrons. The van der Waals surface area contributed by atoms with Gasteiger partial charge < -0.3 is 28.0 Å². The molecule has 58 heavy (non-hydrogen) atoms. The summed E-state index contributed by atoms with van der Waals surface area (Å²) in [6, 6.07) is 0. The van der Waals surface area contributed by atoms with Gasteiger partial charge in [-0.3, -0.25) is 18.6 Å². The highest BCUT2D eigenvalue weighted by atomic mass is 31.2. The SMILES string of the molecule is CCCCC/C=C\CC1OC1CCCCCCCC(=O)OC[C@H](COP(=O)(O)OCC[N+](C)(C)C)OC(=O)CCCCCCCCc1oc(CCCCC)c(C)c1C. The van der Waals surface area contributed by atoms with Crippen molar-refractivity contribution in [1.29, 1.82) is 0 Å². The Bertz CT molecular complexity index is 1340. The fourth-order valence-electron chi connectivity index (χ4n) is 6.90. The molecule has 1 fully saturated rings. The molecule has 1 saturated heterocycles.